The van der Waals surface area contributed by atoms with Gasteiger partial charge in [-0.25, -0.2) is 8.78 Å². The van der Waals surface area contributed by atoms with Crippen LogP contribution in [0.5, 0.6) is 0 Å². The largest absolute Gasteiger partial charge is 0.260 e. The number of nitrogens with zero attached hydrogens (tertiary/aromatic N) is 2. The van der Waals surface area contributed by atoms with Gasteiger partial charge in [0.05, 0.1) is 17.9 Å². The van der Waals surface area contributed by atoms with E-state index in [0.29, 0.717) is 6.54 Å². The van der Waals surface area contributed by atoms with Crippen molar-refractivity contribution < 1.29 is 8.78 Å². The van der Waals surface area contributed by atoms with Crippen molar-refractivity contribution in [1.82, 2.24) is 9.78 Å². The first-order valence-corrected chi connectivity index (χ1v) is 9.15. The van der Waals surface area contributed by atoms with Crippen molar-refractivity contribution in [2.45, 2.75) is 20.4 Å². The average molecular weight is 374 g/mol. The molecule has 4 heteroatoms. The lowest BCUT2D eigenvalue weighted by molar-refractivity contribution is 0.627. The number of hydrogen-bond acceptors (Lipinski definition) is 1. The second kappa shape index (κ2) is 7.39. The van der Waals surface area contributed by atoms with E-state index in [9.17, 15) is 8.78 Å². The minimum atomic E-state index is -0.280. The number of benzene rings is 3. The fraction of sp³-hybridized carbons (Fsp3) is 0.125. The summed E-state index contributed by atoms with van der Waals surface area (Å²) >= 11 is 0. The van der Waals surface area contributed by atoms with Crippen LogP contribution in [0.15, 0.2) is 72.8 Å². The molecule has 0 fully saturated rings. The zero-order valence-electron chi connectivity index (χ0n) is 15.8. The van der Waals surface area contributed by atoms with Gasteiger partial charge in [-0.3, -0.25) is 4.68 Å². The molecule has 0 saturated carbocycles. The summed E-state index contributed by atoms with van der Waals surface area (Å²) in [5, 5.41) is 4.78. The molecule has 0 unspecified atom stereocenters. The number of hydrogen-bond donors (Lipinski definition) is 0. The van der Waals surface area contributed by atoms with Crippen LogP contribution in [0.25, 0.3) is 22.5 Å². The van der Waals surface area contributed by atoms with Crippen LogP contribution in [0.1, 0.15) is 16.7 Å². The first-order chi connectivity index (χ1) is 13.5. The van der Waals surface area contributed by atoms with Crippen molar-refractivity contribution >= 4 is 0 Å². The Morgan fingerprint density at radius 3 is 2.00 bits per heavy atom. The van der Waals surface area contributed by atoms with Crippen molar-refractivity contribution in [3.05, 3.63) is 101 Å². The number of aryl methyl sites for hydroxylation is 2. The summed E-state index contributed by atoms with van der Waals surface area (Å²) in [6, 6.07) is 21.0. The summed E-state index contributed by atoms with van der Waals surface area (Å²) in [5.74, 6) is -0.555. The third kappa shape index (κ3) is 3.72. The zero-order chi connectivity index (χ0) is 19.7. The normalized spacial score (nSPS) is 11.0. The Kier molecular flexibility index (Phi) is 4.78. The van der Waals surface area contributed by atoms with Crippen molar-refractivity contribution in [3.8, 4) is 22.5 Å². The predicted molar refractivity (Wildman–Crippen MR) is 108 cm³/mol. The van der Waals surface area contributed by atoms with Crippen molar-refractivity contribution in [3.63, 3.8) is 0 Å². The quantitative estimate of drug-likeness (QED) is 0.418. The van der Waals surface area contributed by atoms with E-state index in [1.807, 2.05) is 10.7 Å². The first-order valence-electron chi connectivity index (χ1n) is 9.15. The van der Waals surface area contributed by atoms with Crippen LogP contribution in [-0.4, -0.2) is 9.78 Å². The molecule has 0 aliphatic rings. The number of halogens is 2. The molecule has 1 aromatic heterocycles. The maximum Gasteiger partial charge on any atom is 0.123 e. The maximum atomic E-state index is 13.4. The van der Waals surface area contributed by atoms with Gasteiger partial charge in [0.15, 0.2) is 0 Å². The van der Waals surface area contributed by atoms with Crippen LogP contribution >= 0.6 is 0 Å². The van der Waals surface area contributed by atoms with Crippen LogP contribution < -0.4 is 0 Å². The highest BCUT2D eigenvalue weighted by Gasteiger charge is 2.13. The predicted octanol–water partition coefficient (Wildman–Crippen LogP) is 6.16. The van der Waals surface area contributed by atoms with Gasteiger partial charge in [-0.05, 0) is 79.6 Å². The van der Waals surface area contributed by atoms with E-state index in [4.69, 9.17) is 5.10 Å². The summed E-state index contributed by atoms with van der Waals surface area (Å²) in [6.45, 7) is 4.75. The van der Waals surface area contributed by atoms with Crippen molar-refractivity contribution in [1.29, 1.82) is 0 Å². The second-order valence-corrected chi connectivity index (χ2v) is 7.02. The molecule has 0 atom stereocenters. The van der Waals surface area contributed by atoms with E-state index in [1.54, 1.807) is 24.3 Å². The lowest BCUT2D eigenvalue weighted by Crippen LogP contribution is -2.05. The topological polar surface area (TPSA) is 17.8 Å². The Bertz CT molecular complexity index is 1110. The van der Waals surface area contributed by atoms with Gasteiger partial charge in [-0.1, -0.05) is 23.8 Å². The molecular weight excluding hydrogens is 354 g/mol. The molecular formula is C24H20F2N2. The second-order valence-electron chi connectivity index (χ2n) is 7.02. The summed E-state index contributed by atoms with van der Waals surface area (Å²) < 4.78 is 28.6. The van der Waals surface area contributed by atoms with E-state index in [-0.39, 0.29) is 11.6 Å². The molecule has 1 heterocycles. The number of rotatable bonds is 4. The Hall–Kier alpha value is -3.27. The van der Waals surface area contributed by atoms with Gasteiger partial charge in [-0.2, -0.15) is 5.10 Å². The molecule has 0 radical (unpaired) electrons. The number of aromatic nitrogens is 2. The highest BCUT2D eigenvalue weighted by atomic mass is 19.1. The van der Waals surface area contributed by atoms with Crippen LogP contribution in [0, 0.1) is 25.5 Å². The van der Waals surface area contributed by atoms with Crippen molar-refractivity contribution in [2.24, 2.45) is 0 Å². The molecule has 28 heavy (non-hydrogen) atoms. The minimum Gasteiger partial charge on any atom is -0.260 e. The SMILES string of the molecule is Cc1ccc(C)c(Cn2nc(-c3ccc(F)cc3)cc2-c2ccc(F)cc2)c1. The monoisotopic (exact) mass is 374 g/mol. The molecule has 4 aromatic rings. The van der Waals surface area contributed by atoms with Crippen molar-refractivity contribution in [2.75, 3.05) is 0 Å². The van der Waals surface area contributed by atoms with E-state index in [1.165, 1.54) is 41.0 Å². The van der Waals surface area contributed by atoms with Gasteiger partial charge < -0.3 is 0 Å². The summed E-state index contributed by atoms with van der Waals surface area (Å²) in [7, 11) is 0. The highest BCUT2D eigenvalue weighted by Crippen LogP contribution is 2.28. The van der Waals surface area contributed by atoms with Gasteiger partial charge in [0, 0.05) is 11.1 Å². The lowest BCUT2D eigenvalue weighted by atomic mass is 10.1. The molecule has 0 bridgehead atoms. The van der Waals surface area contributed by atoms with E-state index >= 15 is 0 Å². The first kappa shape index (κ1) is 18.1. The molecule has 0 amide bonds. The van der Waals surface area contributed by atoms with Gasteiger partial charge in [0.1, 0.15) is 11.6 Å². The third-order valence-electron chi connectivity index (χ3n) is 4.88. The smallest absolute Gasteiger partial charge is 0.123 e. The molecule has 140 valence electrons. The molecule has 2 nitrogen and oxygen atoms in total. The average Bonchev–Trinajstić information content (AvgIpc) is 3.10. The van der Waals surface area contributed by atoms with Crippen LogP contribution in [0.3, 0.4) is 0 Å². The molecule has 0 aliphatic carbocycles. The summed E-state index contributed by atoms with van der Waals surface area (Å²) in [4.78, 5) is 0. The van der Waals surface area contributed by atoms with Gasteiger partial charge in [-0.15, -0.1) is 0 Å². The van der Waals surface area contributed by atoms with Gasteiger partial charge in [0.2, 0.25) is 0 Å². The Balaban J connectivity index is 1.81. The Morgan fingerprint density at radius 2 is 1.36 bits per heavy atom. The summed E-state index contributed by atoms with van der Waals surface area (Å²) in [5.41, 5.74) is 6.92. The minimum absolute atomic E-state index is 0.275. The van der Waals surface area contributed by atoms with Crippen LogP contribution in [0.4, 0.5) is 8.78 Å². The van der Waals surface area contributed by atoms with Crippen LogP contribution in [0.2, 0.25) is 0 Å². The molecule has 3 aromatic carbocycles. The maximum absolute atomic E-state index is 13.4. The highest BCUT2D eigenvalue weighted by molar-refractivity contribution is 5.69. The van der Waals surface area contributed by atoms with E-state index < -0.39 is 0 Å². The Labute approximate surface area is 163 Å². The fourth-order valence-electron chi connectivity index (χ4n) is 3.28. The lowest BCUT2D eigenvalue weighted by Gasteiger charge is -2.11. The third-order valence-corrected chi connectivity index (χ3v) is 4.88. The molecule has 0 N–H and O–H groups in total. The standard InChI is InChI=1S/C24H20F2N2/c1-16-3-4-17(2)20(13-16)15-28-24(19-7-11-22(26)12-8-19)14-23(27-28)18-5-9-21(25)10-6-18/h3-14H,15H2,1-2H3. The van der Waals surface area contributed by atoms with E-state index in [2.05, 4.69) is 32.0 Å². The van der Waals surface area contributed by atoms with Crippen LogP contribution in [-0.2, 0) is 6.54 Å². The van der Waals surface area contributed by atoms with Gasteiger partial charge in [0.25, 0.3) is 0 Å². The van der Waals surface area contributed by atoms with E-state index in [0.717, 1.165) is 22.5 Å². The molecule has 4 rings (SSSR count). The summed E-state index contributed by atoms with van der Waals surface area (Å²) in [6.07, 6.45) is 0. The molecule has 0 saturated heterocycles. The zero-order valence-corrected chi connectivity index (χ0v) is 15.8. The molecule has 0 aliphatic heterocycles. The molecule has 0 spiro atoms. The van der Waals surface area contributed by atoms with Gasteiger partial charge >= 0.3 is 0 Å². The Morgan fingerprint density at radius 1 is 0.750 bits per heavy atom. The fourth-order valence-corrected chi connectivity index (χ4v) is 3.28.